The van der Waals surface area contributed by atoms with E-state index in [1.807, 2.05) is 32.3 Å². The number of unbranched alkanes of at least 4 members (excludes halogenated alkanes) is 1. The van der Waals surface area contributed by atoms with E-state index in [2.05, 4.69) is 47.8 Å². The van der Waals surface area contributed by atoms with Crippen molar-refractivity contribution in [2.75, 3.05) is 47.4 Å². The average molecular weight is 474 g/mol. The van der Waals surface area contributed by atoms with Crippen molar-refractivity contribution in [2.24, 2.45) is 4.99 Å². The zero-order valence-electron chi connectivity index (χ0n) is 16.7. The quantitative estimate of drug-likeness (QED) is 0.175. The van der Waals surface area contributed by atoms with Crippen LogP contribution in [-0.2, 0) is 6.54 Å². The molecule has 0 aromatic heterocycles. The summed E-state index contributed by atoms with van der Waals surface area (Å²) >= 11 is 0. The zero-order chi connectivity index (χ0) is 18.5. The second-order valence-corrected chi connectivity index (χ2v) is 6.32. The van der Waals surface area contributed by atoms with Crippen molar-refractivity contribution in [1.29, 1.82) is 0 Å². The lowest BCUT2D eigenvalue weighted by Gasteiger charge is -2.21. The van der Waals surface area contributed by atoms with Crippen LogP contribution in [-0.4, -0.2) is 63.1 Å². The minimum absolute atomic E-state index is 0. The molecule has 1 aromatic rings. The maximum atomic E-state index is 5.80. The highest BCUT2D eigenvalue weighted by Gasteiger charge is 2.05. The van der Waals surface area contributed by atoms with Gasteiger partial charge in [-0.1, -0.05) is 18.2 Å². The Morgan fingerprint density at radius 2 is 2.04 bits per heavy atom. The van der Waals surface area contributed by atoms with Crippen molar-refractivity contribution >= 4 is 29.9 Å². The van der Waals surface area contributed by atoms with Gasteiger partial charge >= 0.3 is 0 Å². The Kier molecular flexibility index (Phi) is 14.1. The second-order valence-electron chi connectivity index (χ2n) is 6.32. The third-order valence-electron chi connectivity index (χ3n) is 3.72. The fraction of sp³-hybridized carbons (Fsp3) is 0.550. The number of rotatable bonds is 11. The second kappa shape index (κ2) is 14.8. The third kappa shape index (κ3) is 10.7. The van der Waals surface area contributed by atoms with E-state index in [4.69, 9.17) is 9.73 Å². The van der Waals surface area contributed by atoms with Crippen molar-refractivity contribution in [3.05, 3.63) is 42.5 Å². The molecule has 1 rings (SSSR count). The summed E-state index contributed by atoms with van der Waals surface area (Å²) in [6, 6.07) is 8.18. The first-order valence-electron chi connectivity index (χ1n) is 9.03. The highest BCUT2D eigenvalue weighted by molar-refractivity contribution is 14.0. The van der Waals surface area contributed by atoms with E-state index in [1.54, 1.807) is 0 Å². The Morgan fingerprint density at radius 1 is 1.27 bits per heavy atom. The SMILES string of the molecule is C=CCCCN(C)C(=NCc1cccc(OCCN(C)C)c1)NCC.I. The summed E-state index contributed by atoms with van der Waals surface area (Å²) in [7, 11) is 6.16. The van der Waals surface area contributed by atoms with Crippen LogP contribution in [0.15, 0.2) is 41.9 Å². The molecular formula is C20H35IN4O. The minimum Gasteiger partial charge on any atom is -0.492 e. The van der Waals surface area contributed by atoms with E-state index in [1.165, 1.54) is 0 Å². The maximum absolute atomic E-state index is 5.80. The fourth-order valence-corrected chi connectivity index (χ4v) is 2.29. The molecule has 1 aromatic carbocycles. The van der Waals surface area contributed by atoms with Crippen LogP contribution in [0, 0.1) is 0 Å². The molecule has 148 valence electrons. The molecular weight excluding hydrogens is 439 g/mol. The summed E-state index contributed by atoms with van der Waals surface area (Å²) in [6.07, 6.45) is 4.06. The van der Waals surface area contributed by atoms with Gasteiger partial charge in [0, 0.05) is 26.7 Å². The summed E-state index contributed by atoms with van der Waals surface area (Å²) in [5.74, 6) is 1.84. The van der Waals surface area contributed by atoms with E-state index in [0.29, 0.717) is 13.2 Å². The van der Waals surface area contributed by atoms with Gasteiger partial charge in [0.1, 0.15) is 12.4 Å². The molecule has 1 N–H and O–H groups in total. The zero-order valence-corrected chi connectivity index (χ0v) is 19.0. The van der Waals surface area contributed by atoms with Crippen molar-refractivity contribution in [3.63, 3.8) is 0 Å². The van der Waals surface area contributed by atoms with Crippen molar-refractivity contribution in [3.8, 4) is 5.75 Å². The number of likely N-dealkylation sites (N-methyl/N-ethyl adjacent to an activating group) is 1. The number of nitrogens with zero attached hydrogens (tertiary/aromatic N) is 3. The lowest BCUT2D eigenvalue weighted by Crippen LogP contribution is -2.39. The molecule has 0 aliphatic heterocycles. The fourth-order valence-electron chi connectivity index (χ4n) is 2.29. The summed E-state index contributed by atoms with van der Waals surface area (Å²) in [5.41, 5.74) is 1.15. The number of allylic oxidation sites excluding steroid dienone is 1. The van der Waals surface area contributed by atoms with Crippen LogP contribution >= 0.6 is 24.0 Å². The molecule has 26 heavy (non-hydrogen) atoms. The summed E-state index contributed by atoms with van der Waals surface area (Å²) in [4.78, 5) is 9.04. The molecule has 0 fully saturated rings. The van der Waals surface area contributed by atoms with E-state index < -0.39 is 0 Å². The van der Waals surface area contributed by atoms with Gasteiger partial charge in [0.05, 0.1) is 6.54 Å². The van der Waals surface area contributed by atoms with Crippen molar-refractivity contribution < 1.29 is 4.74 Å². The van der Waals surface area contributed by atoms with Crippen LogP contribution in [0.25, 0.3) is 0 Å². The Bertz CT molecular complexity index is 534. The molecule has 0 saturated carbocycles. The van der Waals surface area contributed by atoms with Crippen molar-refractivity contribution in [2.45, 2.75) is 26.3 Å². The van der Waals surface area contributed by atoms with E-state index in [9.17, 15) is 0 Å². The lowest BCUT2D eigenvalue weighted by molar-refractivity contribution is 0.261. The summed E-state index contributed by atoms with van der Waals surface area (Å²) in [6.45, 7) is 9.92. The molecule has 0 unspecified atom stereocenters. The Morgan fingerprint density at radius 3 is 2.69 bits per heavy atom. The average Bonchev–Trinajstić information content (AvgIpc) is 2.58. The highest BCUT2D eigenvalue weighted by atomic mass is 127. The van der Waals surface area contributed by atoms with Crippen LogP contribution in [0.1, 0.15) is 25.3 Å². The van der Waals surface area contributed by atoms with Gasteiger partial charge in [-0.25, -0.2) is 4.99 Å². The number of hydrogen-bond donors (Lipinski definition) is 1. The lowest BCUT2D eigenvalue weighted by atomic mass is 10.2. The smallest absolute Gasteiger partial charge is 0.193 e. The van der Waals surface area contributed by atoms with Gasteiger partial charge in [-0.2, -0.15) is 0 Å². The van der Waals surface area contributed by atoms with E-state index in [-0.39, 0.29) is 24.0 Å². The van der Waals surface area contributed by atoms with Gasteiger partial charge in [0.25, 0.3) is 0 Å². The molecule has 0 aliphatic carbocycles. The number of halogens is 1. The maximum Gasteiger partial charge on any atom is 0.193 e. The van der Waals surface area contributed by atoms with Crippen LogP contribution < -0.4 is 10.1 Å². The normalized spacial score (nSPS) is 11.0. The van der Waals surface area contributed by atoms with E-state index in [0.717, 1.165) is 49.7 Å². The molecule has 0 aliphatic rings. The number of ether oxygens (including phenoxy) is 1. The summed E-state index contributed by atoms with van der Waals surface area (Å²) in [5, 5.41) is 3.35. The topological polar surface area (TPSA) is 40.1 Å². The van der Waals surface area contributed by atoms with Gasteiger partial charge in [0.15, 0.2) is 5.96 Å². The standard InChI is InChI=1S/C20H34N4O.HI/c1-6-8-9-13-24(5)20(21-7-2)22-17-18-11-10-12-19(16-18)25-15-14-23(3)4;/h6,10-12,16H,1,7-9,13-15,17H2,2-5H3,(H,21,22);1H. The molecule has 0 bridgehead atoms. The van der Waals surface area contributed by atoms with Crippen LogP contribution in [0.2, 0.25) is 0 Å². The largest absolute Gasteiger partial charge is 0.492 e. The number of aliphatic imine (C=N–C) groups is 1. The molecule has 0 heterocycles. The highest BCUT2D eigenvalue weighted by Crippen LogP contribution is 2.14. The minimum atomic E-state index is 0. The van der Waals surface area contributed by atoms with Gasteiger partial charge in [-0.3, -0.25) is 0 Å². The predicted octanol–water partition coefficient (Wildman–Crippen LogP) is 3.61. The van der Waals surface area contributed by atoms with Gasteiger partial charge in [-0.15, -0.1) is 30.6 Å². The first-order valence-corrected chi connectivity index (χ1v) is 9.03. The Labute approximate surface area is 176 Å². The van der Waals surface area contributed by atoms with E-state index >= 15 is 0 Å². The third-order valence-corrected chi connectivity index (χ3v) is 3.72. The molecule has 0 amide bonds. The van der Waals surface area contributed by atoms with Crippen LogP contribution in [0.4, 0.5) is 0 Å². The molecule has 0 atom stereocenters. The molecule has 0 saturated heterocycles. The monoisotopic (exact) mass is 474 g/mol. The number of benzene rings is 1. The Balaban J connectivity index is 0.00000625. The number of guanidine groups is 1. The predicted molar refractivity (Wildman–Crippen MR) is 123 cm³/mol. The first kappa shape index (κ1) is 24.7. The first-order chi connectivity index (χ1) is 12.1. The van der Waals surface area contributed by atoms with Gasteiger partial charge in [-0.05, 0) is 51.6 Å². The van der Waals surface area contributed by atoms with Crippen LogP contribution in [0.3, 0.4) is 0 Å². The number of hydrogen-bond acceptors (Lipinski definition) is 3. The Hall–Kier alpha value is -1.28. The van der Waals surface area contributed by atoms with Crippen molar-refractivity contribution in [1.82, 2.24) is 15.1 Å². The van der Waals surface area contributed by atoms with Gasteiger partial charge < -0.3 is 19.9 Å². The number of nitrogens with one attached hydrogen (secondary N) is 1. The summed E-state index contributed by atoms with van der Waals surface area (Å²) < 4.78 is 5.80. The molecule has 0 spiro atoms. The molecule has 0 radical (unpaired) electrons. The van der Waals surface area contributed by atoms with Gasteiger partial charge in [0.2, 0.25) is 0 Å². The molecule has 5 nitrogen and oxygen atoms in total. The molecule has 6 heteroatoms. The van der Waals surface area contributed by atoms with Crippen LogP contribution in [0.5, 0.6) is 5.75 Å².